The highest BCUT2D eigenvalue weighted by Crippen LogP contribution is 2.41. The lowest BCUT2D eigenvalue weighted by molar-refractivity contribution is -0.0164. The summed E-state index contributed by atoms with van der Waals surface area (Å²) in [6.07, 6.45) is 2.33. The number of likely N-dealkylation sites (tertiary alicyclic amines) is 1. The largest absolute Gasteiger partial charge is 0.493 e. The third-order valence-corrected chi connectivity index (χ3v) is 6.92. The smallest absolute Gasteiger partial charge is 0.119 e. The molecule has 1 unspecified atom stereocenters. The molecule has 1 fully saturated rings. The van der Waals surface area contributed by atoms with Gasteiger partial charge in [-0.15, -0.1) is 0 Å². The van der Waals surface area contributed by atoms with E-state index in [0.717, 1.165) is 54.9 Å². The van der Waals surface area contributed by atoms with Gasteiger partial charge in [0.15, 0.2) is 0 Å². The first-order valence-corrected chi connectivity index (χ1v) is 12.2. The molecule has 1 saturated heterocycles. The summed E-state index contributed by atoms with van der Waals surface area (Å²) in [7, 11) is 0. The van der Waals surface area contributed by atoms with Gasteiger partial charge in [0, 0.05) is 12.5 Å². The average molecular weight is 455 g/mol. The maximum atomic E-state index is 12.1. The minimum absolute atomic E-state index is 0.173. The number of aliphatic hydroxyl groups is 1. The van der Waals surface area contributed by atoms with Gasteiger partial charge in [-0.2, -0.15) is 5.26 Å². The Morgan fingerprint density at radius 1 is 0.941 bits per heavy atom. The number of hydrogen-bond donors (Lipinski definition) is 1. The van der Waals surface area contributed by atoms with Crippen molar-refractivity contribution in [2.45, 2.75) is 31.8 Å². The highest BCUT2D eigenvalue weighted by Gasteiger charge is 2.41. The van der Waals surface area contributed by atoms with Crippen LogP contribution in [0.1, 0.15) is 36.5 Å². The van der Waals surface area contributed by atoms with E-state index in [1.165, 1.54) is 0 Å². The molecule has 4 nitrogen and oxygen atoms in total. The molecule has 1 atom stereocenters. The van der Waals surface area contributed by atoms with E-state index < -0.39 is 5.60 Å². The minimum Gasteiger partial charge on any atom is -0.493 e. The van der Waals surface area contributed by atoms with Crippen LogP contribution in [0.4, 0.5) is 0 Å². The summed E-state index contributed by atoms with van der Waals surface area (Å²) in [4.78, 5) is 2.50. The molecule has 3 aromatic rings. The van der Waals surface area contributed by atoms with Gasteiger partial charge in [0.05, 0.1) is 19.1 Å². The van der Waals surface area contributed by atoms with Crippen LogP contribution in [0.5, 0.6) is 5.75 Å². The van der Waals surface area contributed by atoms with E-state index in [1.54, 1.807) is 0 Å². The van der Waals surface area contributed by atoms with Crippen molar-refractivity contribution in [2.75, 3.05) is 26.2 Å². The predicted molar refractivity (Wildman–Crippen MR) is 135 cm³/mol. The number of nitrogens with zero attached hydrogens (tertiary/aromatic N) is 2. The Morgan fingerprint density at radius 2 is 1.50 bits per heavy atom. The molecule has 1 aliphatic rings. The van der Waals surface area contributed by atoms with Crippen molar-refractivity contribution in [3.05, 3.63) is 102 Å². The molecule has 0 radical (unpaired) electrons. The molecule has 1 aliphatic heterocycles. The topological polar surface area (TPSA) is 56.5 Å². The first-order valence-electron chi connectivity index (χ1n) is 12.2. The van der Waals surface area contributed by atoms with Crippen molar-refractivity contribution in [3.63, 3.8) is 0 Å². The van der Waals surface area contributed by atoms with E-state index in [9.17, 15) is 5.11 Å². The van der Waals surface area contributed by atoms with Gasteiger partial charge in [-0.25, -0.2) is 0 Å². The summed E-state index contributed by atoms with van der Waals surface area (Å²) < 4.78 is 5.98. The maximum Gasteiger partial charge on any atom is 0.119 e. The van der Waals surface area contributed by atoms with Gasteiger partial charge in [0.1, 0.15) is 11.4 Å². The number of nitriles is 1. The van der Waals surface area contributed by atoms with Crippen LogP contribution < -0.4 is 4.74 Å². The first kappa shape index (κ1) is 24.0. The van der Waals surface area contributed by atoms with Crippen LogP contribution in [0, 0.1) is 23.2 Å². The second-order valence-electron chi connectivity index (χ2n) is 9.47. The number of piperidine rings is 1. The fourth-order valence-electron chi connectivity index (χ4n) is 5.08. The van der Waals surface area contributed by atoms with Crippen molar-refractivity contribution in [1.82, 2.24) is 4.90 Å². The van der Waals surface area contributed by atoms with E-state index in [-0.39, 0.29) is 5.92 Å². The second-order valence-corrected chi connectivity index (χ2v) is 9.47. The molecule has 0 saturated carbocycles. The molecule has 0 bridgehead atoms. The molecule has 0 spiro atoms. The van der Waals surface area contributed by atoms with Crippen molar-refractivity contribution < 1.29 is 9.84 Å². The Kier molecular flexibility index (Phi) is 8.00. The Labute approximate surface area is 203 Å². The van der Waals surface area contributed by atoms with E-state index in [0.29, 0.717) is 18.9 Å². The zero-order chi connectivity index (χ0) is 23.8. The molecular weight excluding hydrogens is 420 g/mol. The molecule has 1 heterocycles. The minimum atomic E-state index is -0.971. The van der Waals surface area contributed by atoms with E-state index in [4.69, 9.17) is 10.00 Å². The monoisotopic (exact) mass is 454 g/mol. The first-order chi connectivity index (χ1) is 16.6. The van der Waals surface area contributed by atoms with Gasteiger partial charge >= 0.3 is 0 Å². The Morgan fingerprint density at radius 3 is 2.03 bits per heavy atom. The average Bonchev–Trinajstić information content (AvgIpc) is 2.89. The molecule has 34 heavy (non-hydrogen) atoms. The van der Waals surface area contributed by atoms with Crippen LogP contribution in [0.3, 0.4) is 0 Å². The van der Waals surface area contributed by atoms with Crippen LogP contribution in [0.25, 0.3) is 0 Å². The fraction of sp³-hybridized carbons (Fsp3) is 0.367. The summed E-state index contributed by atoms with van der Waals surface area (Å²) in [6, 6.07) is 30.2. The van der Waals surface area contributed by atoms with Gasteiger partial charge < -0.3 is 14.7 Å². The number of ether oxygens (including phenoxy) is 1. The lowest BCUT2D eigenvalue weighted by Crippen LogP contribution is -2.45. The van der Waals surface area contributed by atoms with Gasteiger partial charge in [-0.1, -0.05) is 79.7 Å². The lowest BCUT2D eigenvalue weighted by atomic mass is 9.72. The fourth-order valence-corrected chi connectivity index (χ4v) is 5.08. The van der Waals surface area contributed by atoms with Crippen molar-refractivity contribution >= 4 is 0 Å². The zero-order valence-corrected chi connectivity index (χ0v) is 19.9. The van der Waals surface area contributed by atoms with Crippen LogP contribution >= 0.6 is 0 Å². The van der Waals surface area contributed by atoms with Gasteiger partial charge in [0.25, 0.3) is 0 Å². The van der Waals surface area contributed by atoms with E-state index >= 15 is 0 Å². The summed E-state index contributed by atoms with van der Waals surface area (Å²) in [5.74, 6) is 1.42. The van der Waals surface area contributed by atoms with Crippen LogP contribution in [-0.4, -0.2) is 36.2 Å². The predicted octanol–water partition coefficient (Wildman–Crippen LogP) is 5.42. The molecule has 4 rings (SSSR count). The highest BCUT2D eigenvalue weighted by atomic mass is 16.5. The van der Waals surface area contributed by atoms with Crippen LogP contribution in [-0.2, 0) is 12.0 Å². The summed E-state index contributed by atoms with van der Waals surface area (Å²) in [5.41, 5.74) is 1.99. The molecule has 176 valence electrons. The number of benzene rings is 3. The normalized spacial score (nSPS) is 16.0. The number of rotatable bonds is 9. The Balaban J connectivity index is 1.33. The Bertz CT molecular complexity index is 1010. The van der Waals surface area contributed by atoms with E-state index in [2.05, 4.69) is 17.9 Å². The van der Waals surface area contributed by atoms with E-state index in [1.807, 2.05) is 84.9 Å². The number of hydrogen-bond acceptors (Lipinski definition) is 4. The molecule has 4 heteroatoms. The molecule has 0 amide bonds. The molecular formula is C30H34N2O2. The molecule has 1 N–H and O–H groups in total. The highest BCUT2D eigenvalue weighted by molar-refractivity contribution is 5.37. The van der Waals surface area contributed by atoms with Crippen molar-refractivity contribution in [3.8, 4) is 11.8 Å². The van der Waals surface area contributed by atoms with Gasteiger partial charge in [-0.05, 0) is 60.7 Å². The van der Waals surface area contributed by atoms with Crippen LogP contribution in [0.2, 0.25) is 0 Å². The zero-order valence-electron chi connectivity index (χ0n) is 19.9. The second kappa shape index (κ2) is 11.3. The third-order valence-electron chi connectivity index (χ3n) is 6.92. The Hall–Kier alpha value is -3.13. The SMILES string of the molecule is CC(COc1ccc(CC#N)cc1)CN1CCC(C(O)(c2ccccc2)c2ccccc2)CC1. The molecule has 0 aromatic heterocycles. The van der Waals surface area contributed by atoms with Gasteiger partial charge in [-0.3, -0.25) is 0 Å². The maximum absolute atomic E-state index is 12.1. The van der Waals surface area contributed by atoms with Crippen molar-refractivity contribution in [2.24, 2.45) is 11.8 Å². The summed E-state index contributed by atoms with van der Waals surface area (Å²) in [6.45, 7) is 5.81. The lowest BCUT2D eigenvalue weighted by Gasteiger charge is -2.42. The quantitative estimate of drug-likeness (QED) is 0.469. The van der Waals surface area contributed by atoms with Gasteiger partial charge in [0.2, 0.25) is 0 Å². The summed E-state index contributed by atoms with van der Waals surface area (Å²) in [5, 5.41) is 20.9. The molecule has 3 aromatic carbocycles. The molecule has 0 aliphatic carbocycles. The summed E-state index contributed by atoms with van der Waals surface area (Å²) >= 11 is 0. The third kappa shape index (κ3) is 5.67. The van der Waals surface area contributed by atoms with Crippen LogP contribution in [0.15, 0.2) is 84.9 Å². The van der Waals surface area contributed by atoms with Crippen molar-refractivity contribution in [1.29, 1.82) is 5.26 Å². The standard InChI is InChI=1S/C30H34N2O2/c1-24(23-34-29-14-12-25(13-15-29)16-19-31)22-32-20-17-28(18-21-32)30(33,26-8-4-2-5-9-26)27-10-6-3-7-11-27/h2-15,24,28,33H,16-18,20-23H2,1H3.